The summed E-state index contributed by atoms with van der Waals surface area (Å²) in [5.41, 5.74) is 3.79. The molecule has 0 aliphatic rings. The van der Waals surface area contributed by atoms with E-state index in [0.29, 0.717) is 5.56 Å². The quantitative estimate of drug-likeness (QED) is 0.719. The van der Waals surface area contributed by atoms with Crippen LogP contribution in [0.15, 0.2) is 46.9 Å². The van der Waals surface area contributed by atoms with E-state index in [1.165, 1.54) is 5.56 Å². The Morgan fingerprint density at radius 1 is 1.25 bits per heavy atom. The van der Waals surface area contributed by atoms with Crippen molar-refractivity contribution in [2.24, 2.45) is 7.05 Å². The molecule has 0 radical (unpaired) electrons. The number of rotatable bonds is 2. The smallest absolute Gasteiger partial charge is 0.114 e. The number of hydrogen-bond donors (Lipinski definition) is 0. The summed E-state index contributed by atoms with van der Waals surface area (Å²) in [6.07, 6.45) is 0.770. The molecule has 0 aliphatic carbocycles. The summed E-state index contributed by atoms with van der Waals surface area (Å²) >= 11 is 3.48. The largest absolute Gasteiger partial charge is 0.331 e. The summed E-state index contributed by atoms with van der Waals surface area (Å²) in [4.78, 5) is 4.65. The molecule has 3 aromatic rings. The third-order valence-electron chi connectivity index (χ3n) is 3.35. The van der Waals surface area contributed by atoms with Gasteiger partial charge in [0.15, 0.2) is 0 Å². The molecule has 1 heterocycles. The van der Waals surface area contributed by atoms with Gasteiger partial charge in [-0.15, -0.1) is 0 Å². The van der Waals surface area contributed by atoms with Gasteiger partial charge in [-0.05, 0) is 35.9 Å². The number of nitrogens with zero attached hydrogens (tertiary/aromatic N) is 3. The average molecular weight is 326 g/mol. The van der Waals surface area contributed by atoms with Crippen LogP contribution in [0.4, 0.5) is 0 Å². The lowest BCUT2D eigenvalue weighted by atomic mass is 10.1. The van der Waals surface area contributed by atoms with Crippen LogP contribution >= 0.6 is 15.9 Å². The van der Waals surface area contributed by atoms with Crippen LogP contribution in [0.25, 0.3) is 11.0 Å². The Morgan fingerprint density at radius 3 is 2.85 bits per heavy atom. The number of fused-ring (bicyclic) bond motifs is 1. The predicted octanol–water partition coefficient (Wildman–Crippen LogP) is 3.80. The fourth-order valence-corrected chi connectivity index (χ4v) is 2.74. The molecule has 0 spiro atoms. The normalized spacial score (nSPS) is 10.7. The van der Waals surface area contributed by atoms with Crippen molar-refractivity contribution in [3.63, 3.8) is 0 Å². The number of hydrogen-bond acceptors (Lipinski definition) is 2. The van der Waals surface area contributed by atoms with Crippen molar-refractivity contribution in [2.45, 2.75) is 6.42 Å². The maximum atomic E-state index is 8.98. The van der Waals surface area contributed by atoms with Crippen molar-refractivity contribution >= 4 is 27.0 Å². The van der Waals surface area contributed by atoms with E-state index in [-0.39, 0.29) is 0 Å². The number of benzene rings is 2. The topological polar surface area (TPSA) is 41.6 Å². The maximum Gasteiger partial charge on any atom is 0.114 e. The first-order chi connectivity index (χ1) is 9.67. The van der Waals surface area contributed by atoms with Crippen LogP contribution in [0.3, 0.4) is 0 Å². The standard InChI is InChI=1S/C16H12BrN3/c1-20-15-8-12(10-18)5-6-14(15)19-16(20)9-11-3-2-4-13(17)7-11/h2-8H,9H2,1H3. The summed E-state index contributed by atoms with van der Waals surface area (Å²) in [7, 11) is 1.99. The van der Waals surface area contributed by atoms with Gasteiger partial charge in [0.05, 0.1) is 22.7 Å². The van der Waals surface area contributed by atoms with Crippen molar-refractivity contribution in [1.29, 1.82) is 5.26 Å². The zero-order valence-electron chi connectivity index (χ0n) is 11.0. The minimum atomic E-state index is 0.662. The highest BCUT2D eigenvalue weighted by atomic mass is 79.9. The zero-order valence-corrected chi connectivity index (χ0v) is 12.6. The van der Waals surface area contributed by atoms with Gasteiger partial charge in [0.1, 0.15) is 5.82 Å². The van der Waals surface area contributed by atoms with Crippen molar-refractivity contribution in [1.82, 2.24) is 9.55 Å². The molecule has 2 aromatic carbocycles. The number of halogens is 1. The van der Waals surface area contributed by atoms with Crippen LogP contribution < -0.4 is 0 Å². The molecule has 0 saturated heterocycles. The maximum absolute atomic E-state index is 8.98. The molecule has 1 aromatic heterocycles. The van der Waals surface area contributed by atoms with Crippen LogP contribution in [0.2, 0.25) is 0 Å². The fraction of sp³-hybridized carbons (Fsp3) is 0.125. The van der Waals surface area contributed by atoms with Crippen LogP contribution in [-0.2, 0) is 13.5 Å². The van der Waals surface area contributed by atoms with E-state index >= 15 is 0 Å². The SMILES string of the molecule is Cn1c(Cc2cccc(Br)c2)nc2ccc(C#N)cc21. The molecule has 0 N–H and O–H groups in total. The van der Waals surface area contributed by atoms with Crippen molar-refractivity contribution in [3.8, 4) is 6.07 Å². The Bertz CT molecular complexity index is 827. The van der Waals surface area contributed by atoms with Gasteiger partial charge >= 0.3 is 0 Å². The molecule has 3 nitrogen and oxygen atoms in total. The van der Waals surface area contributed by atoms with Gasteiger partial charge in [0.2, 0.25) is 0 Å². The third-order valence-corrected chi connectivity index (χ3v) is 3.85. The van der Waals surface area contributed by atoms with Gasteiger partial charge in [-0.2, -0.15) is 5.26 Å². The lowest BCUT2D eigenvalue weighted by Gasteiger charge is -2.03. The van der Waals surface area contributed by atoms with E-state index in [1.807, 2.05) is 31.3 Å². The third kappa shape index (κ3) is 2.33. The van der Waals surface area contributed by atoms with Crippen molar-refractivity contribution in [3.05, 3.63) is 63.9 Å². The lowest BCUT2D eigenvalue weighted by molar-refractivity contribution is 0.844. The van der Waals surface area contributed by atoms with Gasteiger partial charge in [-0.1, -0.05) is 28.1 Å². The molecule has 0 atom stereocenters. The second kappa shape index (κ2) is 5.10. The van der Waals surface area contributed by atoms with E-state index in [1.54, 1.807) is 6.07 Å². The number of aromatic nitrogens is 2. The monoisotopic (exact) mass is 325 g/mol. The molecule has 0 bridgehead atoms. The van der Waals surface area contributed by atoms with Gasteiger partial charge in [-0.3, -0.25) is 0 Å². The molecule has 20 heavy (non-hydrogen) atoms. The van der Waals surface area contributed by atoms with E-state index in [9.17, 15) is 0 Å². The predicted molar refractivity (Wildman–Crippen MR) is 82.4 cm³/mol. The second-order valence-electron chi connectivity index (χ2n) is 4.71. The van der Waals surface area contributed by atoms with Crippen molar-refractivity contribution in [2.75, 3.05) is 0 Å². The van der Waals surface area contributed by atoms with Crippen molar-refractivity contribution < 1.29 is 0 Å². The van der Waals surface area contributed by atoms with Crippen LogP contribution in [0.5, 0.6) is 0 Å². The van der Waals surface area contributed by atoms with E-state index in [4.69, 9.17) is 5.26 Å². The van der Waals surface area contributed by atoms with Gasteiger partial charge in [0, 0.05) is 17.9 Å². The van der Waals surface area contributed by atoms with Crippen LogP contribution in [0.1, 0.15) is 17.0 Å². The Morgan fingerprint density at radius 2 is 2.10 bits per heavy atom. The number of imidazole rings is 1. The zero-order chi connectivity index (χ0) is 14.1. The summed E-state index contributed by atoms with van der Waals surface area (Å²) in [6, 6.07) is 16.0. The molecule has 0 fully saturated rings. The summed E-state index contributed by atoms with van der Waals surface area (Å²) < 4.78 is 3.12. The Labute approximate surface area is 125 Å². The first-order valence-corrected chi connectivity index (χ1v) is 7.06. The van der Waals surface area contributed by atoms with E-state index in [0.717, 1.165) is 27.8 Å². The average Bonchev–Trinajstić information content (AvgIpc) is 2.75. The Kier molecular flexibility index (Phi) is 3.29. The van der Waals surface area contributed by atoms with Crippen LogP contribution in [0, 0.1) is 11.3 Å². The first kappa shape index (κ1) is 12.9. The molecular formula is C16H12BrN3. The van der Waals surface area contributed by atoms with Gasteiger partial charge in [-0.25, -0.2) is 4.98 Å². The van der Waals surface area contributed by atoms with E-state index in [2.05, 4.69) is 43.7 Å². The lowest BCUT2D eigenvalue weighted by Crippen LogP contribution is -1.99. The molecular weight excluding hydrogens is 314 g/mol. The summed E-state index contributed by atoms with van der Waals surface area (Å²) in [6.45, 7) is 0. The first-order valence-electron chi connectivity index (χ1n) is 6.27. The second-order valence-corrected chi connectivity index (χ2v) is 5.62. The van der Waals surface area contributed by atoms with Gasteiger partial charge in [0.25, 0.3) is 0 Å². The highest BCUT2D eigenvalue weighted by Crippen LogP contribution is 2.20. The highest BCUT2D eigenvalue weighted by Gasteiger charge is 2.09. The summed E-state index contributed by atoms with van der Waals surface area (Å²) in [5.74, 6) is 0.994. The molecule has 0 amide bonds. The summed E-state index contributed by atoms with van der Waals surface area (Å²) in [5, 5.41) is 8.98. The number of aryl methyl sites for hydroxylation is 1. The van der Waals surface area contributed by atoms with Gasteiger partial charge < -0.3 is 4.57 Å². The highest BCUT2D eigenvalue weighted by molar-refractivity contribution is 9.10. The molecule has 0 aliphatic heterocycles. The fourth-order valence-electron chi connectivity index (χ4n) is 2.30. The van der Waals surface area contributed by atoms with Crippen LogP contribution in [-0.4, -0.2) is 9.55 Å². The Balaban J connectivity index is 2.04. The molecule has 0 unspecified atom stereocenters. The molecule has 4 heteroatoms. The number of nitriles is 1. The van der Waals surface area contributed by atoms with E-state index < -0.39 is 0 Å². The minimum Gasteiger partial charge on any atom is -0.331 e. The minimum absolute atomic E-state index is 0.662. The molecule has 0 saturated carbocycles. The Hall–Kier alpha value is -2.12. The molecule has 3 rings (SSSR count). The molecule has 98 valence electrons.